The van der Waals surface area contributed by atoms with Gasteiger partial charge in [-0.3, -0.25) is 0 Å². The molecule has 12 heavy (non-hydrogen) atoms. The summed E-state index contributed by atoms with van der Waals surface area (Å²) in [6, 6.07) is 0.754. The zero-order valence-corrected chi connectivity index (χ0v) is 9.19. The smallest absolute Gasteiger partial charge is 0.00644 e. The molecule has 0 aliphatic heterocycles. The van der Waals surface area contributed by atoms with Crippen molar-refractivity contribution in [1.29, 1.82) is 0 Å². The van der Waals surface area contributed by atoms with Gasteiger partial charge in [-0.1, -0.05) is 40.5 Å². The average molecular weight is 171 g/mol. The highest BCUT2D eigenvalue weighted by Gasteiger charge is 2.05. The summed E-state index contributed by atoms with van der Waals surface area (Å²) in [6.07, 6.45) is 5.18. The first kappa shape index (κ1) is 12.0. The Hall–Kier alpha value is -0.0400. The van der Waals surface area contributed by atoms with Gasteiger partial charge in [-0.15, -0.1) is 0 Å². The van der Waals surface area contributed by atoms with Crippen LogP contribution < -0.4 is 5.32 Å². The van der Waals surface area contributed by atoms with Gasteiger partial charge in [0.1, 0.15) is 0 Å². The van der Waals surface area contributed by atoms with E-state index in [0.29, 0.717) is 0 Å². The second-order valence-corrected chi connectivity index (χ2v) is 3.82. The van der Waals surface area contributed by atoms with E-state index in [1.165, 1.54) is 32.2 Å². The van der Waals surface area contributed by atoms with E-state index in [9.17, 15) is 0 Å². The molecule has 0 fully saturated rings. The minimum Gasteiger partial charge on any atom is -0.314 e. The van der Waals surface area contributed by atoms with Crippen molar-refractivity contribution in [3.8, 4) is 0 Å². The second-order valence-electron chi connectivity index (χ2n) is 3.82. The maximum absolute atomic E-state index is 3.62. The van der Waals surface area contributed by atoms with Gasteiger partial charge in [-0.05, 0) is 25.3 Å². The zero-order valence-electron chi connectivity index (χ0n) is 9.19. The molecule has 0 aromatic rings. The van der Waals surface area contributed by atoms with E-state index in [2.05, 4.69) is 33.0 Å². The molecule has 1 N–H and O–H groups in total. The van der Waals surface area contributed by atoms with Crippen LogP contribution in [0.3, 0.4) is 0 Å². The predicted octanol–water partition coefficient (Wildman–Crippen LogP) is 3.20. The summed E-state index contributed by atoms with van der Waals surface area (Å²) >= 11 is 0. The van der Waals surface area contributed by atoms with Gasteiger partial charge in [0.15, 0.2) is 0 Å². The van der Waals surface area contributed by atoms with E-state index in [-0.39, 0.29) is 0 Å². The maximum atomic E-state index is 3.62. The van der Waals surface area contributed by atoms with Crippen molar-refractivity contribution < 1.29 is 0 Å². The maximum Gasteiger partial charge on any atom is 0.00644 e. The number of hydrogen-bond donors (Lipinski definition) is 1. The minimum absolute atomic E-state index is 0.754. The number of nitrogens with one attached hydrogen (secondary N) is 1. The topological polar surface area (TPSA) is 12.0 Å². The van der Waals surface area contributed by atoms with E-state index < -0.39 is 0 Å². The Morgan fingerprint density at radius 1 is 1.08 bits per heavy atom. The van der Waals surface area contributed by atoms with Gasteiger partial charge in [-0.25, -0.2) is 0 Å². The summed E-state index contributed by atoms with van der Waals surface area (Å²) in [7, 11) is 0. The van der Waals surface area contributed by atoms with E-state index in [4.69, 9.17) is 0 Å². The molecule has 0 amide bonds. The molecule has 2 atom stereocenters. The van der Waals surface area contributed by atoms with Gasteiger partial charge in [0, 0.05) is 6.04 Å². The van der Waals surface area contributed by atoms with Crippen LogP contribution in [0.15, 0.2) is 0 Å². The van der Waals surface area contributed by atoms with Crippen LogP contribution in [0.25, 0.3) is 0 Å². The summed E-state index contributed by atoms with van der Waals surface area (Å²) in [5, 5.41) is 3.62. The highest BCUT2D eigenvalue weighted by molar-refractivity contribution is 4.65. The Morgan fingerprint density at radius 2 is 1.75 bits per heavy atom. The largest absolute Gasteiger partial charge is 0.314 e. The third-order valence-electron chi connectivity index (χ3n) is 2.58. The molecule has 0 saturated carbocycles. The van der Waals surface area contributed by atoms with Crippen molar-refractivity contribution >= 4 is 0 Å². The first-order chi connectivity index (χ1) is 5.74. The molecule has 0 heterocycles. The number of hydrogen-bond acceptors (Lipinski definition) is 1. The summed E-state index contributed by atoms with van der Waals surface area (Å²) in [5.41, 5.74) is 0. The summed E-state index contributed by atoms with van der Waals surface area (Å²) in [5.74, 6) is 0.830. The molecular weight excluding hydrogens is 146 g/mol. The molecular formula is C11H25N. The Kier molecular flexibility index (Phi) is 7.58. The molecule has 0 aromatic heterocycles. The lowest BCUT2D eigenvalue weighted by Crippen LogP contribution is -2.31. The molecule has 0 rings (SSSR count). The van der Waals surface area contributed by atoms with Gasteiger partial charge >= 0.3 is 0 Å². The summed E-state index contributed by atoms with van der Waals surface area (Å²) in [4.78, 5) is 0. The van der Waals surface area contributed by atoms with E-state index in [1.807, 2.05) is 0 Å². The molecule has 1 heteroatoms. The minimum atomic E-state index is 0.754. The first-order valence-electron chi connectivity index (χ1n) is 5.47. The summed E-state index contributed by atoms with van der Waals surface area (Å²) < 4.78 is 0. The highest BCUT2D eigenvalue weighted by Crippen LogP contribution is 2.03. The lowest BCUT2D eigenvalue weighted by molar-refractivity contribution is 0.410. The second kappa shape index (κ2) is 7.60. The normalized spacial score (nSPS) is 16.0. The molecule has 0 saturated heterocycles. The van der Waals surface area contributed by atoms with Crippen LogP contribution >= 0.6 is 0 Å². The molecule has 0 aromatic carbocycles. The van der Waals surface area contributed by atoms with E-state index in [1.54, 1.807) is 0 Å². The monoisotopic (exact) mass is 171 g/mol. The Morgan fingerprint density at radius 3 is 2.17 bits per heavy atom. The Balaban J connectivity index is 3.43. The fourth-order valence-electron chi connectivity index (χ4n) is 1.31. The molecule has 0 spiro atoms. The molecule has 0 aliphatic carbocycles. The predicted molar refractivity (Wildman–Crippen MR) is 56.4 cm³/mol. The molecule has 0 bridgehead atoms. The van der Waals surface area contributed by atoms with Crippen LogP contribution in [0.4, 0.5) is 0 Å². The van der Waals surface area contributed by atoms with Crippen molar-refractivity contribution in [2.24, 2.45) is 5.92 Å². The lowest BCUT2D eigenvalue weighted by atomic mass is 10.1. The Labute approximate surface area is 77.9 Å². The zero-order chi connectivity index (χ0) is 9.40. The summed E-state index contributed by atoms with van der Waals surface area (Å²) in [6.45, 7) is 10.3. The van der Waals surface area contributed by atoms with Gasteiger partial charge in [0.05, 0.1) is 0 Å². The van der Waals surface area contributed by atoms with Crippen molar-refractivity contribution in [2.75, 3.05) is 6.54 Å². The molecule has 0 radical (unpaired) electrons. The van der Waals surface area contributed by atoms with Gasteiger partial charge < -0.3 is 5.32 Å². The number of rotatable bonds is 7. The van der Waals surface area contributed by atoms with Crippen LogP contribution in [-0.4, -0.2) is 12.6 Å². The third kappa shape index (κ3) is 5.59. The van der Waals surface area contributed by atoms with Crippen molar-refractivity contribution in [2.45, 2.75) is 59.4 Å². The van der Waals surface area contributed by atoms with Crippen molar-refractivity contribution in [3.05, 3.63) is 0 Å². The quantitative estimate of drug-likeness (QED) is 0.620. The fourth-order valence-corrected chi connectivity index (χ4v) is 1.31. The van der Waals surface area contributed by atoms with Crippen molar-refractivity contribution in [1.82, 2.24) is 5.32 Å². The highest BCUT2D eigenvalue weighted by atomic mass is 14.9. The molecule has 1 nitrogen and oxygen atoms in total. The standard InChI is InChI=1S/C11H25N/c1-5-8-11(7-3)12-9-10(4)6-2/h10-12H,5-9H2,1-4H3. The van der Waals surface area contributed by atoms with Crippen LogP contribution in [0, 0.1) is 5.92 Å². The first-order valence-corrected chi connectivity index (χ1v) is 5.47. The van der Waals surface area contributed by atoms with E-state index >= 15 is 0 Å². The van der Waals surface area contributed by atoms with Crippen molar-refractivity contribution in [3.63, 3.8) is 0 Å². The average Bonchev–Trinajstić information content (AvgIpc) is 2.11. The van der Waals surface area contributed by atoms with E-state index in [0.717, 1.165) is 12.0 Å². The van der Waals surface area contributed by atoms with Gasteiger partial charge in [0.2, 0.25) is 0 Å². The van der Waals surface area contributed by atoms with Gasteiger partial charge in [-0.2, -0.15) is 0 Å². The van der Waals surface area contributed by atoms with Crippen LogP contribution in [-0.2, 0) is 0 Å². The van der Waals surface area contributed by atoms with Gasteiger partial charge in [0.25, 0.3) is 0 Å². The molecule has 2 unspecified atom stereocenters. The lowest BCUT2D eigenvalue weighted by Gasteiger charge is -2.18. The SMILES string of the molecule is CCCC(CC)NCC(C)CC. The van der Waals surface area contributed by atoms with Crippen LogP contribution in [0.1, 0.15) is 53.4 Å². The fraction of sp³-hybridized carbons (Fsp3) is 1.00. The Bertz CT molecular complexity index is 91.0. The third-order valence-corrected chi connectivity index (χ3v) is 2.58. The van der Waals surface area contributed by atoms with Crippen LogP contribution in [0.2, 0.25) is 0 Å². The van der Waals surface area contributed by atoms with Crippen LogP contribution in [0.5, 0.6) is 0 Å². The molecule has 0 aliphatic rings. The molecule has 74 valence electrons.